The number of thioether (sulfide) groups is 1. The third-order valence-electron chi connectivity index (χ3n) is 4.39. The van der Waals surface area contributed by atoms with Crippen LogP contribution in [0.5, 0.6) is 0 Å². The predicted octanol–water partition coefficient (Wildman–Crippen LogP) is 1.04. The van der Waals surface area contributed by atoms with E-state index >= 15 is 0 Å². The maximum absolute atomic E-state index is 6.06. The van der Waals surface area contributed by atoms with Gasteiger partial charge in [-0.25, -0.2) is 4.98 Å². The number of hydrogen-bond acceptors (Lipinski definition) is 5. The molecule has 104 valence electrons. The number of hydrogen-bond donors (Lipinski definition) is 1. The van der Waals surface area contributed by atoms with Crippen molar-refractivity contribution in [1.29, 1.82) is 0 Å². The first kappa shape index (κ1) is 13.2. The van der Waals surface area contributed by atoms with Crippen LogP contribution in [0.15, 0.2) is 24.4 Å². The van der Waals surface area contributed by atoms with Gasteiger partial charge in [-0.2, -0.15) is 11.8 Å². The molecule has 3 rings (SSSR count). The van der Waals surface area contributed by atoms with E-state index in [1.807, 2.05) is 24.0 Å². The Morgan fingerprint density at radius 3 is 2.68 bits per heavy atom. The summed E-state index contributed by atoms with van der Waals surface area (Å²) in [5, 5.41) is 0. The molecule has 19 heavy (non-hydrogen) atoms. The van der Waals surface area contributed by atoms with Crippen LogP contribution >= 0.6 is 11.8 Å². The molecule has 5 heteroatoms. The molecule has 1 unspecified atom stereocenters. The highest BCUT2D eigenvalue weighted by Gasteiger charge is 2.40. The van der Waals surface area contributed by atoms with E-state index in [4.69, 9.17) is 5.73 Å². The van der Waals surface area contributed by atoms with Crippen molar-refractivity contribution in [3.8, 4) is 0 Å². The lowest BCUT2D eigenvalue weighted by Crippen LogP contribution is -2.60. The molecule has 1 aromatic heterocycles. The summed E-state index contributed by atoms with van der Waals surface area (Å²) in [4.78, 5) is 9.44. The van der Waals surface area contributed by atoms with Gasteiger partial charge in [-0.15, -0.1) is 0 Å². The smallest absolute Gasteiger partial charge is 0.128 e. The van der Waals surface area contributed by atoms with Crippen molar-refractivity contribution in [3.63, 3.8) is 0 Å². The predicted molar refractivity (Wildman–Crippen MR) is 81.8 cm³/mol. The first-order valence-electron chi connectivity index (χ1n) is 7.03. The Balaban J connectivity index is 1.63. The fourth-order valence-corrected chi connectivity index (χ4v) is 4.58. The maximum atomic E-state index is 6.06. The maximum Gasteiger partial charge on any atom is 0.128 e. The van der Waals surface area contributed by atoms with Crippen LogP contribution in [0, 0.1) is 0 Å². The Kier molecular flexibility index (Phi) is 3.96. The second-order valence-electron chi connectivity index (χ2n) is 5.39. The molecule has 2 N–H and O–H groups in total. The fourth-order valence-electron chi connectivity index (χ4n) is 3.09. The van der Waals surface area contributed by atoms with E-state index in [1.54, 1.807) is 0 Å². The van der Waals surface area contributed by atoms with Gasteiger partial charge in [-0.1, -0.05) is 6.07 Å². The Hall–Kier alpha value is -0.780. The van der Waals surface area contributed by atoms with E-state index < -0.39 is 0 Å². The molecule has 1 atom stereocenters. The summed E-state index contributed by atoms with van der Waals surface area (Å²) < 4.78 is 0. The number of nitrogens with zero attached hydrogens (tertiary/aromatic N) is 3. The molecule has 0 aliphatic carbocycles. The van der Waals surface area contributed by atoms with Crippen molar-refractivity contribution >= 4 is 17.6 Å². The molecule has 0 spiro atoms. The van der Waals surface area contributed by atoms with Crippen LogP contribution in [0.25, 0.3) is 0 Å². The number of pyridine rings is 1. The second kappa shape index (κ2) is 5.69. The van der Waals surface area contributed by atoms with E-state index in [0.717, 1.165) is 38.5 Å². The van der Waals surface area contributed by atoms with Gasteiger partial charge in [0.05, 0.1) is 0 Å². The van der Waals surface area contributed by atoms with Crippen molar-refractivity contribution in [1.82, 2.24) is 9.88 Å². The van der Waals surface area contributed by atoms with E-state index in [0.29, 0.717) is 0 Å². The Bertz CT molecular complexity index is 397. The van der Waals surface area contributed by atoms with Gasteiger partial charge < -0.3 is 10.6 Å². The summed E-state index contributed by atoms with van der Waals surface area (Å²) in [5.74, 6) is 3.56. The molecule has 0 saturated carbocycles. The summed E-state index contributed by atoms with van der Waals surface area (Å²) in [7, 11) is 0. The Morgan fingerprint density at radius 2 is 2.11 bits per heavy atom. The average Bonchev–Trinajstić information content (AvgIpc) is 2.98. The highest BCUT2D eigenvalue weighted by molar-refractivity contribution is 7.99. The molecule has 2 aliphatic rings. The molecule has 3 heterocycles. The van der Waals surface area contributed by atoms with Crippen molar-refractivity contribution < 1.29 is 0 Å². The minimum absolute atomic E-state index is 0.265. The zero-order valence-electron chi connectivity index (χ0n) is 11.3. The summed E-state index contributed by atoms with van der Waals surface area (Å²) >= 11 is 2.05. The van der Waals surface area contributed by atoms with E-state index in [9.17, 15) is 0 Å². The second-order valence-corrected chi connectivity index (χ2v) is 6.50. The fraction of sp³-hybridized carbons (Fsp3) is 0.643. The van der Waals surface area contributed by atoms with Gasteiger partial charge >= 0.3 is 0 Å². The summed E-state index contributed by atoms with van der Waals surface area (Å²) in [6.07, 6.45) is 3.12. The van der Waals surface area contributed by atoms with Gasteiger partial charge in [0.2, 0.25) is 0 Å². The molecule has 0 amide bonds. The highest BCUT2D eigenvalue weighted by atomic mass is 32.2. The van der Waals surface area contributed by atoms with Gasteiger partial charge in [0.25, 0.3) is 0 Å². The van der Waals surface area contributed by atoms with Crippen molar-refractivity contribution in [2.75, 3.05) is 49.1 Å². The quantitative estimate of drug-likeness (QED) is 0.895. The first-order valence-corrected chi connectivity index (χ1v) is 8.18. The number of piperazine rings is 1. The van der Waals surface area contributed by atoms with E-state index in [2.05, 4.69) is 26.9 Å². The van der Waals surface area contributed by atoms with Crippen LogP contribution in [-0.2, 0) is 0 Å². The monoisotopic (exact) mass is 278 g/mol. The average molecular weight is 278 g/mol. The molecular weight excluding hydrogens is 256 g/mol. The molecule has 2 aliphatic heterocycles. The summed E-state index contributed by atoms with van der Waals surface area (Å²) in [6.45, 7) is 5.12. The lowest BCUT2D eigenvalue weighted by atomic mass is 9.95. The van der Waals surface area contributed by atoms with E-state index in [-0.39, 0.29) is 5.54 Å². The zero-order chi connectivity index (χ0) is 13.1. The number of anilines is 1. The molecule has 1 aromatic rings. The van der Waals surface area contributed by atoms with Gasteiger partial charge in [0.15, 0.2) is 0 Å². The zero-order valence-corrected chi connectivity index (χ0v) is 12.1. The van der Waals surface area contributed by atoms with Crippen LogP contribution in [0.4, 0.5) is 5.82 Å². The summed E-state index contributed by atoms with van der Waals surface area (Å²) in [6, 6.07) is 6.13. The molecule has 0 aromatic carbocycles. The topological polar surface area (TPSA) is 45.4 Å². The van der Waals surface area contributed by atoms with Crippen LogP contribution in [-0.4, -0.2) is 59.7 Å². The molecule has 0 radical (unpaired) electrons. The lowest BCUT2D eigenvalue weighted by Gasteiger charge is -2.45. The minimum Gasteiger partial charge on any atom is -0.354 e. The van der Waals surface area contributed by atoms with Crippen LogP contribution < -0.4 is 10.6 Å². The van der Waals surface area contributed by atoms with Gasteiger partial charge in [-0.3, -0.25) is 4.90 Å². The van der Waals surface area contributed by atoms with Crippen LogP contribution in [0.3, 0.4) is 0 Å². The van der Waals surface area contributed by atoms with Crippen LogP contribution in [0.2, 0.25) is 0 Å². The van der Waals surface area contributed by atoms with Crippen molar-refractivity contribution in [3.05, 3.63) is 24.4 Å². The molecule has 2 saturated heterocycles. The van der Waals surface area contributed by atoms with Crippen molar-refractivity contribution in [2.24, 2.45) is 5.73 Å². The lowest BCUT2D eigenvalue weighted by molar-refractivity contribution is 0.109. The number of aromatic nitrogens is 1. The molecular formula is C14H22N4S. The molecule has 2 fully saturated rings. The summed E-state index contributed by atoms with van der Waals surface area (Å²) in [5.41, 5.74) is 6.33. The van der Waals surface area contributed by atoms with Gasteiger partial charge in [0.1, 0.15) is 5.82 Å². The van der Waals surface area contributed by atoms with E-state index in [1.165, 1.54) is 17.9 Å². The SMILES string of the molecule is NCC1(N2CCN(c3ccccn3)CC2)CCSC1. The third kappa shape index (κ3) is 2.59. The third-order valence-corrected chi connectivity index (χ3v) is 5.62. The van der Waals surface area contributed by atoms with Crippen LogP contribution in [0.1, 0.15) is 6.42 Å². The molecule has 4 nitrogen and oxygen atoms in total. The van der Waals surface area contributed by atoms with Crippen molar-refractivity contribution in [2.45, 2.75) is 12.0 Å². The minimum atomic E-state index is 0.265. The number of nitrogens with two attached hydrogens (primary N) is 1. The first-order chi connectivity index (χ1) is 9.34. The number of rotatable bonds is 3. The standard InChI is InChI=1S/C14H22N4S/c15-11-14(4-10-19-12-14)18-8-6-17(7-9-18)13-3-1-2-5-16-13/h1-3,5H,4,6-12,15H2. The Labute approximate surface area is 119 Å². The largest absolute Gasteiger partial charge is 0.354 e. The normalized spacial score (nSPS) is 28.8. The highest BCUT2D eigenvalue weighted by Crippen LogP contribution is 2.33. The van der Waals surface area contributed by atoms with Gasteiger partial charge in [-0.05, 0) is 24.3 Å². The molecule has 0 bridgehead atoms. The Morgan fingerprint density at radius 1 is 1.26 bits per heavy atom. The van der Waals surface area contributed by atoms with Gasteiger partial charge in [0, 0.05) is 50.2 Å².